The summed E-state index contributed by atoms with van der Waals surface area (Å²) in [6.07, 6.45) is -6.02. The van der Waals surface area contributed by atoms with Gasteiger partial charge in [0.15, 0.2) is 6.29 Å². The first kappa shape index (κ1) is 9.32. The molecule has 0 aromatic heterocycles. The molecule has 0 aromatic carbocycles. The van der Waals surface area contributed by atoms with Crippen molar-refractivity contribution >= 4 is 0 Å². The minimum atomic E-state index is -1.16. The van der Waals surface area contributed by atoms with Crippen LogP contribution in [0, 0.1) is 0 Å². The molecule has 76 valence electrons. The van der Waals surface area contributed by atoms with Crippen LogP contribution in [0.3, 0.4) is 0 Å². The maximum absolute atomic E-state index is 9.46. The van der Waals surface area contributed by atoms with Gasteiger partial charge < -0.3 is 29.9 Å². The largest absolute Gasteiger partial charge is 0.394 e. The molecule has 0 aromatic rings. The lowest BCUT2D eigenvalue weighted by atomic mass is 10.0. The van der Waals surface area contributed by atoms with Crippen LogP contribution in [0.4, 0.5) is 0 Å². The molecule has 6 nitrogen and oxygen atoms in total. The van der Waals surface area contributed by atoms with Gasteiger partial charge in [0.2, 0.25) is 0 Å². The van der Waals surface area contributed by atoms with E-state index in [4.69, 9.17) is 14.6 Å². The summed E-state index contributed by atoms with van der Waals surface area (Å²) in [7, 11) is 0. The smallest absolute Gasteiger partial charge is 0.187 e. The molecule has 0 saturated carbocycles. The highest BCUT2D eigenvalue weighted by Crippen LogP contribution is 2.32. The Balaban J connectivity index is 2.16. The number of aliphatic hydroxyl groups is 4. The number of rotatable bonds is 1. The summed E-state index contributed by atoms with van der Waals surface area (Å²) in [5, 5.41) is 36.9. The molecule has 13 heavy (non-hydrogen) atoms. The maximum Gasteiger partial charge on any atom is 0.187 e. The zero-order chi connectivity index (χ0) is 9.59. The normalized spacial score (nSPS) is 55.4. The van der Waals surface area contributed by atoms with Gasteiger partial charge in [-0.1, -0.05) is 0 Å². The molecule has 2 heterocycles. The van der Waals surface area contributed by atoms with Crippen LogP contribution < -0.4 is 0 Å². The van der Waals surface area contributed by atoms with Gasteiger partial charge in [-0.15, -0.1) is 0 Å². The number of aliphatic hydroxyl groups excluding tert-OH is 4. The molecule has 0 radical (unpaired) electrons. The quantitative estimate of drug-likeness (QED) is 0.358. The van der Waals surface area contributed by atoms with Crippen LogP contribution in [-0.2, 0) is 9.47 Å². The number of fused-ring (bicyclic) bond motifs is 2. The minimum absolute atomic E-state index is 0.364. The van der Waals surface area contributed by atoms with Crippen molar-refractivity contribution in [3.05, 3.63) is 0 Å². The fraction of sp³-hybridized carbons (Fsp3) is 1.00. The van der Waals surface area contributed by atoms with Crippen LogP contribution in [0.5, 0.6) is 0 Å². The molecule has 2 fully saturated rings. The number of ether oxygens (including phenoxy) is 2. The highest BCUT2D eigenvalue weighted by molar-refractivity contribution is 4.97. The van der Waals surface area contributed by atoms with Crippen LogP contribution in [0.2, 0.25) is 0 Å². The predicted octanol–water partition coefficient (Wildman–Crippen LogP) is -2.81. The van der Waals surface area contributed by atoms with Gasteiger partial charge in [-0.3, -0.25) is 0 Å². The van der Waals surface area contributed by atoms with Gasteiger partial charge in [0.25, 0.3) is 0 Å². The third kappa shape index (κ3) is 1.26. The fourth-order valence-corrected chi connectivity index (χ4v) is 1.68. The number of hydrogen-bond acceptors (Lipinski definition) is 6. The zero-order valence-corrected chi connectivity index (χ0v) is 6.78. The highest BCUT2D eigenvalue weighted by atomic mass is 16.7. The summed E-state index contributed by atoms with van der Waals surface area (Å²) in [5.41, 5.74) is 0. The second-order valence-electron chi connectivity index (χ2n) is 3.30. The highest BCUT2D eigenvalue weighted by Gasteiger charge is 2.53. The average molecular weight is 192 g/mol. The van der Waals surface area contributed by atoms with Crippen LogP contribution in [-0.4, -0.2) is 63.8 Å². The molecule has 6 heteroatoms. The summed E-state index contributed by atoms with van der Waals surface area (Å²) < 4.78 is 9.97. The molecule has 2 saturated heterocycles. The summed E-state index contributed by atoms with van der Waals surface area (Å²) >= 11 is 0. The zero-order valence-electron chi connectivity index (χ0n) is 6.78. The Bertz CT molecular complexity index is 197. The lowest BCUT2D eigenvalue weighted by Gasteiger charge is -2.32. The SMILES string of the molecule is OC[C@H]1O[C@H]2O[C@H](C(O)C2O)[C@@H]1O. The van der Waals surface area contributed by atoms with Gasteiger partial charge in [0, 0.05) is 0 Å². The molecule has 2 unspecified atom stereocenters. The van der Waals surface area contributed by atoms with E-state index in [9.17, 15) is 15.3 Å². The molecular formula is C7H12O6. The summed E-state index contributed by atoms with van der Waals surface area (Å²) in [4.78, 5) is 0. The Hall–Kier alpha value is -0.240. The number of hydrogen-bond donors (Lipinski definition) is 4. The predicted molar refractivity (Wildman–Crippen MR) is 38.6 cm³/mol. The third-order valence-corrected chi connectivity index (χ3v) is 2.46. The van der Waals surface area contributed by atoms with Crippen molar-refractivity contribution < 1.29 is 29.9 Å². The van der Waals surface area contributed by atoms with Crippen LogP contribution >= 0.6 is 0 Å². The Labute approximate surface area is 74.3 Å². The molecule has 4 N–H and O–H groups in total. The summed E-state index contributed by atoms with van der Waals surface area (Å²) in [6, 6.07) is 0. The molecule has 6 atom stereocenters. The van der Waals surface area contributed by atoms with Gasteiger partial charge in [-0.05, 0) is 0 Å². The van der Waals surface area contributed by atoms with Gasteiger partial charge in [0.05, 0.1) is 6.61 Å². The summed E-state index contributed by atoms with van der Waals surface area (Å²) in [5.74, 6) is 0. The van der Waals surface area contributed by atoms with Crippen LogP contribution in [0.15, 0.2) is 0 Å². The molecule has 2 aliphatic rings. The van der Waals surface area contributed by atoms with Crippen molar-refractivity contribution in [1.82, 2.24) is 0 Å². The van der Waals surface area contributed by atoms with E-state index in [1.54, 1.807) is 0 Å². The average Bonchev–Trinajstić information content (AvgIpc) is 2.37. The molecular weight excluding hydrogens is 180 g/mol. The van der Waals surface area contributed by atoms with Crippen LogP contribution in [0.1, 0.15) is 0 Å². The Morgan fingerprint density at radius 2 is 1.62 bits per heavy atom. The van der Waals surface area contributed by atoms with E-state index in [0.717, 1.165) is 0 Å². The van der Waals surface area contributed by atoms with Crippen molar-refractivity contribution in [2.75, 3.05) is 6.61 Å². The third-order valence-electron chi connectivity index (χ3n) is 2.46. The standard InChI is InChI=1S/C7H12O6/c8-1-2-3(9)6-4(10)5(11)7(12-2)13-6/h2-11H,1H2/t2-,3-,4?,5?,6+,7+/m1/s1. The maximum atomic E-state index is 9.46. The first-order valence-electron chi connectivity index (χ1n) is 4.11. The van der Waals surface area contributed by atoms with E-state index in [-0.39, 0.29) is 6.61 Å². The minimum Gasteiger partial charge on any atom is -0.394 e. The van der Waals surface area contributed by atoms with E-state index in [1.807, 2.05) is 0 Å². The van der Waals surface area contributed by atoms with Crippen molar-refractivity contribution in [2.24, 2.45) is 0 Å². The van der Waals surface area contributed by atoms with E-state index in [2.05, 4.69) is 0 Å². The monoisotopic (exact) mass is 192 g/mol. The van der Waals surface area contributed by atoms with E-state index in [0.29, 0.717) is 0 Å². The van der Waals surface area contributed by atoms with Gasteiger partial charge in [-0.25, -0.2) is 0 Å². The molecule has 2 bridgehead atoms. The van der Waals surface area contributed by atoms with Crippen molar-refractivity contribution in [1.29, 1.82) is 0 Å². The van der Waals surface area contributed by atoms with Gasteiger partial charge in [0.1, 0.15) is 30.5 Å². The van der Waals surface area contributed by atoms with Crippen molar-refractivity contribution in [2.45, 2.75) is 36.8 Å². The van der Waals surface area contributed by atoms with E-state index >= 15 is 0 Å². The lowest BCUT2D eigenvalue weighted by Crippen LogP contribution is -2.49. The van der Waals surface area contributed by atoms with Gasteiger partial charge >= 0.3 is 0 Å². The molecule has 0 amide bonds. The second-order valence-corrected chi connectivity index (χ2v) is 3.30. The van der Waals surface area contributed by atoms with Crippen molar-refractivity contribution in [3.8, 4) is 0 Å². The fourth-order valence-electron chi connectivity index (χ4n) is 1.68. The van der Waals surface area contributed by atoms with E-state index in [1.165, 1.54) is 0 Å². The molecule has 0 spiro atoms. The molecule has 0 aliphatic carbocycles. The van der Waals surface area contributed by atoms with E-state index < -0.39 is 36.8 Å². The van der Waals surface area contributed by atoms with Crippen molar-refractivity contribution in [3.63, 3.8) is 0 Å². The second kappa shape index (κ2) is 3.16. The Morgan fingerprint density at radius 3 is 2.23 bits per heavy atom. The van der Waals surface area contributed by atoms with Crippen LogP contribution in [0.25, 0.3) is 0 Å². The molecule has 2 rings (SSSR count). The first-order chi connectivity index (χ1) is 6.15. The molecule has 2 aliphatic heterocycles. The Kier molecular flexibility index (Phi) is 2.26. The first-order valence-corrected chi connectivity index (χ1v) is 4.11. The Morgan fingerprint density at radius 1 is 0.923 bits per heavy atom. The summed E-state index contributed by atoms with van der Waals surface area (Å²) in [6.45, 7) is -0.364. The lowest BCUT2D eigenvalue weighted by molar-refractivity contribution is -0.272. The topological polar surface area (TPSA) is 99.4 Å². The van der Waals surface area contributed by atoms with Gasteiger partial charge in [-0.2, -0.15) is 0 Å².